The van der Waals surface area contributed by atoms with Gasteiger partial charge in [0.05, 0.1) is 22.7 Å². The highest BCUT2D eigenvalue weighted by molar-refractivity contribution is 7.99. The highest BCUT2D eigenvalue weighted by Crippen LogP contribution is 2.29. The molecule has 0 atom stereocenters. The number of hydrogen-bond donors (Lipinski definition) is 0. The molecule has 18 heavy (non-hydrogen) atoms. The SMILES string of the molecule is N#CC(C#N)CCSc1ccc(C(F)(F)F)cn1. The minimum atomic E-state index is -4.39. The van der Waals surface area contributed by atoms with Crippen LogP contribution < -0.4 is 0 Å². The van der Waals surface area contributed by atoms with E-state index < -0.39 is 17.7 Å². The number of thioether (sulfide) groups is 1. The smallest absolute Gasteiger partial charge is 0.249 e. The molecule has 0 aromatic carbocycles. The van der Waals surface area contributed by atoms with E-state index in [0.29, 0.717) is 17.2 Å². The normalized spacial score (nSPS) is 11.0. The molecule has 0 saturated heterocycles. The Labute approximate surface area is 106 Å². The van der Waals surface area contributed by atoms with E-state index in [0.717, 1.165) is 12.3 Å². The van der Waals surface area contributed by atoms with Crippen molar-refractivity contribution < 1.29 is 13.2 Å². The van der Waals surface area contributed by atoms with Crippen LogP contribution in [0.1, 0.15) is 12.0 Å². The second-order valence-corrected chi connectivity index (χ2v) is 4.45. The lowest BCUT2D eigenvalue weighted by atomic mass is 10.1. The zero-order chi connectivity index (χ0) is 13.6. The van der Waals surface area contributed by atoms with Gasteiger partial charge >= 0.3 is 6.18 Å². The van der Waals surface area contributed by atoms with E-state index in [1.165, 1.54) is 17.8 Å². The van der Waals surface area contributed by atoms with Crippen LogP contribution in [0.15, 0.2) is 23.4 Å². The second-order valence-electron chi connectivity index (χ2n) is 3.33. The molecule has 94 valence electrons. The molecule has 1 rings (SSSR count). The van der Waals surface area contributed by atoms with Gasteiger partial charge in [-0.2, -0.15) is 23.7 Å². The summed E-state index contributed by atoms with van der Waals surface area (Å²) in [5, 5.41) is 17.5. The van der Waals surface area contributed by atoms with Crippen molar-refractivity contribution >= 4 is 11.8 Å². The predicted molar refractivity (Wildman–Crippen MR) is 59.3 cm³/mol. The maximum Gasteiger partial charge on any atom is 0.417 e. The maximum atomic E-state index is 12.3. The first-order valence-electron chi connectivity index (χ1n) is 4.92. The number of alkyl halides is 3. The van der Waals surface area contributed by atoms with Crippen LogP contribution in [0.4, 0.5) is 13.2 Å². The van der Waals surface area contributed by atoms with Gasteiger partial charge in [-0.1, -0.05) is 0 Å². The zero-order valence-corrected chi connectivity index (χ0v) is 9.92. The largest absolute Gasteiger partial charge is 0.417 e. The van der Waals surface area contributed by atoms with Crippen molar-refractivity contribution in [2.75, 3.05) is 5.75 Å². The summed E-state index contributed by atoms with van der Waals surface area (Å²) in [4.78, 5) is 3.67. The van der Waals surface area contributed by atoms with Gasteiger partial charge in [0.2, 0.25) is 0 Å². The summed E-state index contributed by atoms with van der Waals surface area (Å²) in [6.45, 7) is 0. The minimum Gasteiger partial charge on any atom is -0.249 e. The molecule has 1 heterocycles. The van der Waals surface area contributed by atoms with E-state index in [1.807, 2.05) is 12.1 Å². The van der Waals surface area contributed by atoms with Gasteiger partial charge in [-0.3, -0.25) is 0 Å². The molecule has 3 nitrogen and oxygen atoms in total. The van der Waals surface area contributed by atoms with Gasteiger partial charge in [0.1, 0.15) is 5.92 Å². The molecule has 0 bridgehead atoms. The summed E-state index contributed by atoms with van der Waals surface area (Å²) >= 11 is 1.22. The lowest BCUT2D eigenvalue weighted by Crippen LogP contribution is -2.05. The monoisotopic (exact) mass is 271 g/mol. The third-order valence-corrected chi connectivity index (χ3v) is 3.01. The molecule has 0 aliphatic heterocycles. The van der Waals surface area contributed by atoms with Gasteiger partial charge in [0.15, 0.2) is 0 Å². The number of aromatic nitrogens is 1. The summed E-state index contributed by atoms with van der Waals surface area (Å²) < 4.78 is 36.8. The number of rotatable bonds is 4. The Morgan fingerprint density at radius 3 is 2.39 bits per heavy atom. The molecule has 0 radical (unpaired) electrons. The molecule has 0 saturated carbocycles. The molecule has 0 spiro atoms. The fraction of sp³-hybridized carbons (Fsp3) is 0.364. The van der Waals surface area contributed by atoms with Crippen LogP contribution in [0, 0.1) is 28.6 Å². The van der Waals surface area contributed by atoms with E-state index in [9.17, 15) is 13.2 Å². The Kier molecular flexibility index (Phi) is 4.99. The van der Waals surface area contributed by atoms with Crippen LogP contribution in [0.25, 0.3) is 0 Å². The topological polar surface area (TPSA) is 60.5 Å². The van der Waals surface area contributed by atoms with Gasteiger partial charge < -0.3 is 0 Å². The summed E-state index contributed by atoms with van der Waals surface area (Å²) in [7, 11) is 0. The number of pyridine rings is 1. The lowest BCUT2D eigenvalue weighted by Gasteiger charge is -2.06. The fourth-order valence-corrected chi connectivity index (χ4v) is 1.93. The van der Waals surface area contributed by atoms with Crippen molar-refractivity contribution in [2.24, 2.45) is 5.92 Å². The molecule has 1 aromatic rings. The van der Waals surface area contributed by atoms with Gasteiger partial charge in [0.25, 0.3) is 0 Å². The summed E-state index contributed by atoms with van der Waals surface area (Å²) in [5.41, 5.74) is -0.793. The molecule has 0 amide bonds. The summed E-state index contributed by atoms with van der Waals surface area (Å²) in [6, 6.07) is 5.89. The molecular weight excluding hydrogens is 263 g/mol. The van der Waals surface area contributed by atoms with Crippen molar-refractivity contribution in [1.29, 1.82) is 10.5 Å². The Hall–Kier alpha value is -1.73. The van der Waals surface area contributed by atoms with Crippen molar-refractivity contribution in [2.45, 2.75) is 17.6 Å². The number of hydrogen-bond acceptors (Lipinski definition) is 4. The van der Waals surface area contributed by atoms with E-state index in [4.69, 9.17) is 10.5 Å². The van der Waals surface area contributed by atoms with Crippen molar-refractivity contribution in [3.63, 3.8) is 0 Å². The predicted octanol–water partition coefficient (Wildman–Crippen LogP) is 3.25. The Morgan fingerprint density at radius 2 is 1.94 bits per heavy atom. The van der Waals surface area contributed by atoms with Gasteiger partial charge in [-0.25, -0.2) is 4.98 Å². The Morgan fingerprint density at radius 1 is 1.28 bits per heavy atom. The van der Waals surface area contributed by atoms with Gasteiger partial charge in [-0.15, -0.1) is 11.8 Å². The summed E-state index contributed by atoms with van der Waals surface area (Å²) in [5.74, 6) is -0.226. The average molecular weight is 271 g/mol. The van der Waals surface area contributed by atoms with Crippen molar-refractivity contribution in [3.8, 4) is 12.1 Å². The van der Waals surface area contributed by atoms with Crippen LogP contribution in [0.5, 0.6) is 0 Å². The quantitative estimate of drug-likeness (QED) is 0.789. The highest BCUT2D eigenvalue weighted by atomic mass is 32.2. The van der Waals surface area contributed by atoms with Crippen molar-refractivity contribution in [1.82, 2.24) is 4.98 Å². The maximum absolute atomic E-state index is 12.3. The number of halogens is 3. The highest BCUT2D eigenvalue weighted by Gasteiger charge is 2.30. The first-order chi connectivity index (χ1) is 8.47. The molecular formula is C11H8F3N3S. The van der Waals surface area contributed by atoms with Gasteiger partial charge in [0, 0.05) is 11.9 Å². The lowest BCUT2D eigenvalue weighted by molar-refractivity contribution is -0.137. The van der Waals surface area contributed by atoms with E-state index in [-0.39, 0.29) is 0 Å². The minimum absolute atomic E-state index is 0.361. The van der Waals surface area contributed by atoms with Crippen LogP contribution in [-0.4, -0.2) is 10.7 Å². The zero-order valence-electron chi connectivity index (χ0n) is 9.11. The van der Waals surface area contributed by atoms with E-state index in [1.54, 1.807) is 0 Å². The molecule has 0 aliphatic rings. The molecule has 0 N–H and O–H groups in total. The summed E-state index contributed by atoms with van der Waals surface area (Å²) in [6.07, 6.45) is -3.25. The first-order valence-corrected chi connectivity index (χ1v) is 5.91. The standard InChI is InChI=1S/C11H8F3N3S/c12-11(13,14)9-1-2-10(17-7-9)18-4-3-8(5-15)6-16/h1-2,7-8H,3-4H2. The van der Waals surface area contributed by atoms with E-state index >= 15 is 0 Å². The molecule has 0 fully saturated rings. The molecule has 1 aromatic heterocycles. The Bertz CT molecular complexity index is 456. The van der Waals surface area contributed by atoms with E-state index in [2.05, 4.69) is 4.98 Å². The van der Waals surface area contributed by atoms with Crippen LogP contribution in [0.3, 0.4) is 0 Å². The molecule has 7 heteroatoms. The number of nitrogens with zero attached hydrogens (tertiary/aromatic N) is 3. The third-order valence-electron chi connectivity index (χ3n) is 2.03. The van der Waals surface area contributed by atoms with Crippen LogP contribution in [0.2, 0.25) is 0 Å². The molecule has 0 unspecified atom stereocenters. The van der Waals surface area contributed by atoms with Crippen LogP contribution >= 0.6 is 11.8 Å². The van der Waals surface area contributed by atoms with Gasteiger partial charge in [-0.05, 0) is 18.6 Å². The third kappa shape index (κ3) is 4.27. The van der Waals surface area contributed by atoms with Crippen LogP contribution in [-0.2, 0) is 6.18 Å². The second kappa shape index (κ2) is 6.27. The first kappa shape index (κ1) is 14.3. The average Bonchev–Trinajstić information content (AvgIpc) is 2.34. The van der Waals surface area contributed by atoms with Crippen molar-refractivity contribution in [3.05, 3.63) is 23.9 Å². The fourth-order valence-electron chi connectivity index (χ4n) is 1.07. The number of nitriles is 2. The molecule has 0 aliphatic carbocycles. The Balaban J connectivity index is 2.51.